The summed E-state index contributed by atoms with van der Waals surface area (Å²) in [4.78, 5) is 16.4. The van der Waals surface area contributed by atoms with Gasteiger partial charge < -0.3 is 9.80 Å². The van der Waals surface area contributed by atoms with E-state index in [0.717, 1.165) is 25.2 Å². The Morgan fingerprint density at radius 3 is 2.12 bits per heavy atom. The number of rotatable bonds is 7. The standard InChI is InChI=1S/C25H27N3O3S/c29-25(28-16-14-27(15-17-28)20-22-10-5-2-6-11-22)23-12-7-13-24(18-23)32(30,31)26-19-21-8-3-1-4-9-21/h1-13,18,26H,14-17,19-20H2/p+1. The van der Waals surface area contributed by atoms with Gasteiger partial charge in [0.15, 0.2) is 0 Å². The van der Waals surface area contributed by atoms with E-state index in [9.17, 15) is 13.2 Å². The summed E-state index contributed by atoms with van der Waals surface area (Å²) >= 11 is 0. The lowest BCUT2D eigenvalue weighted by Crippen LogP contribution is -3.13. The molecule has 1 amide bonds. The molecule has 0 bridgehead atoms. The number of hydrogen-bond donors (Lipinski definition) is 2. The molecule has 0 atom stereocenters. The number of sulfonamides is 1. The molecule has 0 aliphatic carbocycles. The van der Waals surface area contributed by atoms with Gasteiger partial charge in [-0.1, -0.05) is 66.7 Å². The summed E-state index contributed by atoms with van der Waals surface area (Å²) in [6.07, 6.45) is 0. The zero-order chi connectivity index (χ0) is 22.4. The van der Waals surface area contributed by atoms with E-state index in [1.807, 2.05) is 53.4 Å². The summed E-state index contributed by atoms with van der Waals surface area (Å²) in [7, 11) is -3.71. The Morgan fingerprint density at radius 1 is 0.844 bits per heavy atom. The highest BCUT2D eigenvalue weighted by atomic mass is 32.2. The summed E-state index contributed by atoms with van der Waals surface area (Å²) < 4.78 is 28.1. The summed E-state index contributed by atoms with van der Waals surface area (Å²) in [5.41, 5.74) is 2.57. The zero-order valence-corrected chi connectivity index (χ0v) is 18.7. The van der Waals surface area contributed by atoms with Gasteiger partial charge in [0, 0.05) is 17.7 Å². The molecule has 0 radical (unpaired) electrons. The number of hydrogen-bond acceptors (Lipinski definition) is 3. The highest BCUT2D eigenvalue weighted by molar-refractivity contribution is 7.89. The fourth-order valence-electron chi connectivity index (χ4n) is 3.92. The molecule has 166 valence electrons. The predicted octanol–water partition coefficient (Wildman–Crippen LogP) is 1.71. The molecule has 6 nitrogen and oxygen atoms in total. The van der Waals surface area contributed by atoms with Crippen molar-refractivity contribution in [2.24, 2.45) is 0 Å². The Balaban J connectivity index is 1.37. The number of carbonyl (C=O) groups excluding carboxylic acids is 1. The molecular weight excluding hydrogens is 422 g/mol. The van der Waals surface area contributed by atoms with Crippen LogP contribution in [0.1, 0.15) is 21.5 Å². The lowest BCUT2D eigenvalue weighted by molar-refractivity contribution is -0.917. The smallest absolute Gasteiger partial charge is 0.254 e. The molecule has 0 spiro atoms. The average Bonchev–Trinajstić information content (AvgIpc) is 2.84. The maximum Gasteiger partial charge on any atom is 0.254 e. The molecule has 0 aromatic heterocycles. The second-order valence-electron chi connectivity index (χ2n) is 8.04. The van der Waals surface area contributed by atoms with Crippen LogP contribution in [-0.4, -0.2) is 45.4 Å². The van der Waals surface area contributed by atoms with E-state index in [0.29, 0.717) is 18.7 Å². The molecule has 0 unspecified atom stereocenters. The number of quaternary nitrogens is 1. The lowest BCUT2D eigenvalue weighted by atomic mass is 10.1. The Bertz CT molecular complexity index is 1140. The second-order valence-corrected chi connectivity index (χ2v) is 9.81. The van der Waals surface area contributed by atoms with Crippen LogP contribution in [0.25, 0.3) is 0 Å². The summed E-state index contributed by atoms with van der Waals surface area (Å²) in [6, 6.07) is 26.0. The highest BCUT2D eigenvalue weighted by Crippen LogP contribution is 2.14. The molecule has 32 heavy (non-hydrogen) atoms. The van der Waals surface area contributed by atoms with Crippen LogP contribution in [0.4, 0.5) is 0 Å². The van der Waals surface area contributed by atoms with Crippen molar-refractivity contribution in [2.75, 3.05) is 26.2 Å². The van der Waals surface area contributed by atoms with Crippen LogP contribution in [0.2, 0.25) is 0 Å². The molecule has 4 rings (SSSR count). The normalized spacial score (nSPS) is 14.9. The topological polar surface area (TPSA) is 70.9 Å². The molecule has 1 heterocycles. The highest BCUT2D eigenvalue weighted by Gasteiger charge is 2.25. The molecular formula is C25H28N3O3S+. The van der Waals surface area contributed by atoms with Crippen LogP contribution in [0.15, 0.2) is 89.8 Å². The van der Waals surface area contributed by atoms with Gasteiger partial charge in [-0.25, -0.2) is 13.1 Å². The number of amides is 1. The summed E-state index contributed by atoms with van der Waals surface area (Å²) in [5, 5.41) is 0. The van der Waals surface area contributed by atoms with Crippen molar-refractivity contribution < 1.29 is 18.1 Å². The molecule has 3 aromatic carbocycles. The third-order valence-corrected chi connectivity index (χ3v) is 7.15. The molecule has 1 aliphatic rings. The number of benzene rings is 3. The molecule has 7 heteroatoms. The van der Waals surface area contributed by atoms with E-state index >= 15 is 0 Å². The summed E-state index contributed by atoms with van der Waals surface area (Å²) in [5.74, 6) is -0.121. The monoisotopic (exact) mass is 450 g/mol. The third-order valence-electron chi connectivity index (χ3n) is 5.76. The first-order valence-electron chi connectivity index (χ1n) is 10.8. The van der Waals surface area contributed by atoms with E-state index in [1.54, 1.807) is 12.1 Å². The number of carbonyl (C=O) groups is 1. The molecule has 1 fully saturated rings. The van der Waals surface area contributed by atoms with Gasteiger partial charge in [0.05, 0.1) is 31.1 Å². The van der Waals surface area contributed by atoms with Crippen LogP contribution in [-0.2, 0) is 23.1 Å². The van der Waals surface area contributed by atoms with Crippen molar-refractivity contribution in [1.82, 2.24) is 9.62 Å². The molecule has 1 aliphatic heterocycles. The third kappa shape index (κ3) is 5.62. The fourth-order valence-corrected chi connectivity index (χ4v) is 4.99. The van der Waals surface area contributed by atoms with E-state index in [4.69, 9.17) is 0 Å². The van der Waals surface area contributed by atoms with Gasteiger partial charge in [-0.3, -0.25) is 4.79 Å². The second kappa shape index (κ2) is 10.1. The van der Waals surface area contributed by atoms with Gasteiger partial charge in [0.2, 0.25) is 10.0 Å². The van der Waals surface area contributed by atoms with Crippen molar-refractivity contribution >= 4 is 15.9 Å². The first-order chi connectivity index (χ1) is 15.5. The molecule has 3 aromatic rings. The summed E-state index contributed by atoms with van der Waals surface area (Å²) in [6.45, 7) is 4.21. The van der Waals surface area contributed by atoms with Gasteiger partial charge >= 0.3 is 0 Å². The van der Waals surface area contributed by atoms with Gasteiger partial charge in [-0.05, 0) is 23.8 Å². The van der Waals surface area contributed by atoms with Crippen molar-refractivity contribution in [2.45, 2.75) is 18.0 Å². The maximum atomic E-state index is 13.0. The minimum atomic E-state index is -3.71. The van der Waals surface area contributed by atoms with Crippen molar-refractivity contribution in [3.63, 3.8) is 0 Å². The minimum Gasteiger partial charge on any atom is -0.328 e. The fraction of sp³-hybridized carbons (Fsp3) is 0.240. The van der Waals surface area contributed by atoms with Crippen molar-refractivity contribution in [3.05, 3.63) is 102 Å². The van der Waals surface area contributed by atoms with Crippen LogP contribution in [0, 0.1) is 0 Å². The molecule has 1 saturated heterocycles. The van der Waals surface area contributed by atoms with Gasteiger partial charge in [-0.2, -0.15) is 0 Å². The van der Waals surface area contributed by atoms with Gasteiger partial charge in [-0.15, -0.1) is 0 Å². The molecule has 2 N–H and O–H groups in total. The average molecular weight is 451 g/mol. The van der Waals surface area contributed by atoms with Crippen LogP contribution in [0.5, 0.6) is 0 Å². The number of nitrogens with one attached hydrogen (secondary N) is 2. The first kappa shape index (κ1) is 22.2. The van der Waals surface area contributed by atoms with Crippen LogP contribution < -0.4 is 9.62 Å². The van der Waals surface area contributed by atoms with Crippen LogP contribution >= 0.6 is 0 Å². The Kier molecular flexibility index (Phi) is 6.99. The van der Waals surface area contributed by atoms with Gasteiger partial charge in [0.25, 0.3) is 5.91 Å². The SMILES string of the molecule is O=C(c1cccc(S(=O)(=O)NCc2ccccc2)c1)N1CC[NH+](Cc2ccccc2)CC1. The lowest BCUT2D eigenvalue weighted by Gasteiger charge is -2.32. The largest absolute Gasteiger partial charge is 0.328 e. The minimum absolute atomic E-state index is 0.104. The van der Waals surface area contributed by atoms with Crippen molar-refractivity contribution in [1.29, 1.82) is 0 Å². The van der Waals surface area contributed by atoms with Crippen molar-refractivity contribution in [3.8, 4) is 0 Å². The van der Waals surface area contributed by atoms with Crippen LogP contribution in [0.3, 0.4) is 0 Å². The van der Waals surface area contributed by atoms with Gasteiger partial charge in [0.1, 0.15) is 6.54 Å². The number of piperazine rings is 1. The Labute approximate surface area is 189 Å². The predicted molar refractivity (Wildman–Crippen MR) is 124 cm³/mol. The van der Waals surface area contributed by atoms with E-state index in [2.05, 4.69) is 16.9 Å². The first-order valence-corrected chi connectivity index (χ1v) is 12.3. The van der Waals surface area contributed by atoms with E-state index in [1.165, 1.54) is 22.6 Å². The maximum absolute atomic E-state index is 13.0. The zero-order valence-electron chi connectivity index (χ0n) is 17.9. The Morgan fingerprint density at radius 2 is 1.47 bits per heavy atom. The quantitative estimate of drug-likeness (QED) is 0.576. The number of nitrogens with zero attached hydrogens (tertiary/aromatic N) is 1. The Hall–Kier alpha value is -3.00. The van der Waals surface area contributed by atoms with E-state index < -0.39 is 10.0 Å². The van der Waals surface area contributed by atoms with E-state index in [-0.39, 0.29) is 17.3 Å². The molecule has 0 saturated carbocycles.